The van der Waals surface area contributed by atoms with E-state index in [2.05, 4.69) is 29.4 Å². The number of ether oxygens (including phenoxy) is 1. The number of para-hydroxylation sites is 1. The Morgan fingerprint density at radius 1 is 1.22 bits per heavy atom. The molecular formula is C15H18N2O. The van der Waals surface area contributed by atoms with Crippen LogP contribution in [0.25, 0.3) is 10.9 Å². The van der Waals surface area contributed by atoms with Crippen LogP contribution >= 0.6 is 0 Å². The maximum absolute atomic E-state index is 6.15. The van der Waals surface area contributed by atoms with Gasteiger partial charge in [-0.3, -0.25) is 4.98 Å². The molecule has 0 unspecified atom stereocenters. The van der Waals surface area contributed by atoms with Crippen molar-refractivity contribution in [1.82, 2.24) is 10.3 Å². The number of nitrogens with one attached hydrogen (secondary N) is 1. The van der Waals surface area contributed by atoms with E-state index in [9.17, 15) is 0 Å². The average molecular weight is 242 g/mol. The van der Waals surface area contributed by atoms with Crippen LogP contribution in [0.2, 0.25) is 0 Å². The molecule has 2 aromatic rings. The van der Waals surface area contributed by atoms with Crippen molar-refractivity contribution < 1.29 is 4.74 Å². The smallest absolute Gasteiger partial charge is 0.139 e. The predicted molar refractivity (Wildman–Crippen MR) is 72.9 cm³/mol. The number of pyridine rings is 1. The van der Waals surface area contributed by atoms with Gasteiger partial charge < -0.3 is 10.1 Å². The third kappa shape index (κ3) is 2.31. The molecule has 94 valence electrons. The van der Waals surface area contributed by atoms with E-state index in [0.29, 0.717) is 0 Å². The predicted octanol–water partition coefficient (Wildman–Crippen LogP) is 2.76. The van der Waals surface area contributed by atoms with E-state index in [1.54, 1.807) is 0 Å². The summed E-state index contributed by atoms with van der Waals surface area (Å²) in [6, 6.07) is 10.2. The summed E-state index contributed by atoms with van der Waals surface area (Å²) in [5.41, 5.74) is 0.954. The Balaban J connectivity index is 1.85. The number of benzene rings is 1. The van der Waals surface area contributed by atoms with Crippen molar-refractivity contribution >= 4 is 10.9 Å². The van der Waals surface area contributed by atoms with Crippen molar-refractivity contribution in [3.63, 3.8) is 0 Å². The summed E-state index contributed by atoms with van der Waals surface area (Å²) in [6.07, 6.45) is 3.91. The van der Waals surface area contributed by atoms with Crippen LogP contribution in [-0.4, -0.2) is 23.7 Å². The minimum Gasteiger partial charge on any atom is -0.486 e. The number of fused-ring (bicyclic) bond motifs is 1. The van der Waals surface area contributed by atoms with Gasteiger partial charge in [-0.25, -0.2) is 0 Å². The first-order valence-corrected chi connectivity index (χ1v) is 6.50. The second kappa shape index (κ2) is 4.58. The van der Waals surface area contributed by atoms with Gasteiger partial charge >= 0.3 is 0 Å². The molecule has 1 aliphatic rings. The van der Waals surface area contributed by atoms with E-state index in [1.165, 1.54) is 0 Å². The lowest BCUT2D eigenvalue weighted by Gasteiger charge is -2.34. The van der Waals surface area contributed by atoms with Crippen LogP contribution < -0.4 is 10.1 Å². The van der Waals surface area contributed by atoms with Crippen LogP contribution in [0, 0.1) is 0 Å². The lowest BCUT2D eigenvalue weighted by molar-refractivity contribution is 0.0554. The molecule has 2 heterocycles. The highest BCUT2D eigenvalue weighted by molar-refractivity contribution is 5.79. The number of aromatic nitrogens is 1. The molecular weight excluding hydrogens is 224 g/mol. The van der Waals surface area contributed by atoms with Crippen molar-refractivity contribution in [3.8, 4) is 5.75 Å². The molecule has 0 amide bonds. The minimum absolute atomic E-state index is 0.0601. The zero-order chi connectivity index (χ0) is 12.4. The molecule has 1 aromatic heterocycles. The van der Waals surface area contributed by atoms with E-state index in [1.807, 2.05) is 24.4 Å². The molecule has 0 bridgehead atoms. The molecule has 0 radical (unpaired) electrons. The fourth-order valence-corrected chi connectivity index (χ4v) is 2.45. The summed E-state index contributed by atoms with van der Waals surface area (Å²) in [7, 11) is 0. The summed E-state index contributed by atoms with van der Waals surface area (Å²) < 4.78 is 6.15. The van der Waals surface area contributed by atoms with Crippen molar-refractivity contribution in [2.24, 2.45) is 0 Å². The van der Waals surface area contributed by atoms with Crippen molar-refractivity contribution in [3.05, 3.63) is 36.5 Å². The van der Waals surface area contributed by atoms with Crippen LogP contribution in [-0.2, 0) is 0 Å². The highest BCUT2D eigenvalue weighted by Gasteiger charge is 2.28. The third-order valence-corrected chi connectivity index (χ3v) is 3.59. The summed E-state index contributed by atoms with van der Waals surface area (Å²) in [5, 5.41) is 4.49. The van der Waals surface area contributed by atoms with Gasteiger partial charge in [0, 0.05) is 5.39 Å². The van der Waals surface area contributed by atoms with Crippen LogP contribution in [0.4, 0.5) is 0 Å². The zero-order valence-electron chi connectivity index (χ0n) is 10.6. The molecule has 18 heavy (non-hydrogen) atoms. The van der Waals surface area contributed by atoms with Gasteiger partial charge in [0.05, 0.1) is 11.7 Å². The molecule has 1 aliphatic heterocycles. The van der Waals surface area contributed by atoms with Gasteiger partial charge in [0.2, 0.25) is 0 Å². The summed E-state index contributed by atoms with van der Waals surface area (Å²) in [6.45, 7) is 4.23. The molecule has 0 aliphatic carbocycles. The summed E-state index contributed by atoms with van der Waals surface area (Å²) >= 11 is 0. The van der Waals surface area contributed by atoms with E-state index in [4.69, 9.17) is 4.74 Å². The summed E-state index contributed by atoms with van der Waals surface area (Å²) in [5.74, 6) is 0.873. The molecule has 1 saturated heterocycles. The van der Waals surface area contributed by atoms with Gasteiger partial charge in [-0.15, -0.1) is 0 Å². The number of hydrogen-bond acceptors (Lipinski definition) is 3. The second-order valence-electron chi connectivity index (χ2n) is 5.17. The van der Waals surface area contributed by atoms with Gasteiger partial charge in [0.15, 0.2) is 0 Å². The first-order chi connectivity index (χ1) is 8.75. The van der Waals surface area contributed by atoms with E-state index < -0.39 is 0 Å². The molecule has 1 aromatic carbocycles. The fourth-order valence-electron chi connectivity index (χ4n) is 2.45. The quantitative estimate of drug-likeness (QED) is 0.879. The zero-order valence-corrected chi connectivity index (χ0v) is 10.6. The largest absolute Gasteiger partial charge is 0.486 e. The Kier molecular flexibility index (Phi) is 2.92. The van der Waals surface area contributed by atoms with Crippen LogP contribution in [0.15, 0.2) is 36.5 Å². The second-order valence-corrected chi connectivity index (χ2v) is 5.17. The fraction of sp³-hybridized carbons (Fsp3) is 0.400. The van der Waals surface area contributed by atoms with E-state index in [0.717, 1.165) is 42.6 Å². The minimum atomic E-state index is -0.0601. The van der Waals surface area contributed by atoms with Gasteiger partial charge in [-0.1, -0.05) is 18.2 Å². The normalized spacial score (nSPS) is 18.7. The van der Waals surface area contributed by atoms with Gasteiger partial charge in [0.25, 0.3) is 0 Å². The highest BCUT2D eigenvalue weighted by atomic mass is 16.5. The molecule has 0 atom stereocenters. The summed E-state index contributed by atoms with van der Waals surface area (Å²) in [4.78, 5) is 4.44. The Morgan fingerprint density at radius 3 is 2.83 bits per heavy atom. The van der Waals surface area contributed by atoms with Crippen molar-refractivity contribution in [2.45, 2.75) is 25.4 Å². The van der Waals surface area contributed by atoms with E-state index in [-0.39, 0.29) is 5.60 Å². The third-order valence-electron chi connectivity index (χ3n) is 3.59. The number of piperidine rings is 1. The molecule has 1 N–H and O–H groups in total. The van der Waals surface area contributed by atoms with Crippen molar-refractivity contribution in [2.75, 3.05) is 13.1 Å². The topological polar surface area (TPSA) is 34.1 Å². The molecule has 0 saturated carbocycles. The van der Waals surface area contributed by atoms with Gasteiger partial charge in [0.1, 0.15) is 11.4 Å². The number of nitrogens with zero attached hydrogens (tertiary/aromatic N) is 1. The highest BCUT2D eigenvalue weighted by Crippen LogP contribution is 2.27. The molecule has 0 spiro atoms. The molecule has 1 fully saturated rings. The van der Waals surface area contributed by atoms with Gasteiger partial charge in [-0.05, 0) is 45.0 Å². The lowest BCUT2D eigenvalue weighted by atomic mass is 9.94. The maximum atomic E-state index is 6.15. The van der Waals surface area contributed by atoms with Crippen LogP contribution in [0.5, 0.6) is 5.75 Å². The Hall–Kier alpha value is -1.61. The molecule has 3 nitrogen and oxygen atoms in total. The van der Waals surface area contributed by atoms with Crippen LogP contribution in [0.1, 0.15) is 19.8 Å². The Bertz CT molecular complexity index is 547. The SMILES string of the molecule is CC1(Oc2cnc3ccccc3c2)CCNCC1. The standard InChI is InChI=1S/C15H18N2O/c1-15(6-8-16-9-7-15)18-13-10-12-4-2-3-5-14(12)17-11-13/h2-5,10-11,16H,6-9H2,1H3. The maximum Gasteiger partial charge on any atom is 0.139 e. The average Bonchev–Trinajstić information content (AvgIpc) is 2.39. The van der Waals surface area contributed by atoms with Crippen molar-refractivity contribution in [1.29, 1.82) is 0 Å². The van der Waals surface area contributed by atoms with Gasteiger partial charge in [-0.2, -0.15) is 0 Å². The molecule has 3 heteroatoms. The monoisotopic (exact) mass is 242 g/mol. The number of rotatable bonds is 2. The first-order valence-electron chi connectivity index (χ1n) is 6.50. The molecule has 3 rings (SSSR count). The lowest BCUT2D eigenvalue weighted by Crippen LogP contribution is -2.43. The van der Waals surface area contributed by atoms with Crippen LogP contribution in [0.3, 0.4) is 0 Å². The number of hydrogen-bond donors (Lipinski definition) is 1. The Labute approximate surface area is 107 Å². The van der Waals surface area contributed by atoms with E-state index >= 15 is 0 Å². The first kappa shape index (κ1) is 11.5. The Morgan fingerprint density at radius 2 is 2.00 bits per heavy atom.